The molecule has 0 bridgehead atoms. The normalized spacial score (nSPS) is 30.1. The van der Waals surface area contributed by atoms with Crippen molar-refractivity contribution in [2.24, 2.45) is 17.6 Å². The highest BCUT2D eigenvalue weighted by molar-refractivity contribution is 5.95. The van der Waals surface area contributed by atoms with Crippen molar-refractivity contribution in [3.8, 4) is 0 Å². The fourth-order valence-electron chi connectivity index (χ4n) is 3.27. The highest BCUT2D eigenvalue weighted by Crippen LogP contribution is 2.36. The highest BCUT2D eigenvalue weighted by atomic mass is 16.2. The molecule has 3 amide bonds. The van der Waals surface area contributed by atoms with Gasteiger partial charge in [0.25, 0.3) is 0 Å². The first kappa shape index (κ1) is 15.3. The molecule has 0 spiro atoms. The number of urea groups is 1. The van der Waals surface area contributed by atoms with Crippen LogP contribution < -0.4 is 16.4 Å². The van der Waals surface area contributed by atoms with Gasteiger partial charge >= 0.3 is 6.03 Å². The predicted octanol–water partition coefficient (Wildman–Crippen LogP) is 0.280. The van der Waals surface area contributed by atoms with E-state index in [1.807, 2.05) is 20.8 Å². The van der Waals surface area contributed by atoms with Gasteiger partial charge < -0.3 is 11.1 Å². The van der Waals surface area contributed by atoms with E-state index in [1.54, 1.807) is 0 Å². The van der Waals surface area contributed by atoms with E-state index in [9.17, 15) is 9.59 Å². The van der Waals surface area contributed by atoms with Crippen molar-refractivity contribution < 1.29 is 9.59 Å². The molecule has 3 atom stereocenters. The lowest BCUT2D eigenvalue weighted by Crippen LogP contribution is -2.50. The molecule has 2 fully saturated rings. The molecule has 6 nitrogen and oxygen atoms in total. The number of likely N-dealkylation sites (tertiary alicyclic amines) is 1. The molecule has 3 unspecified atom stereocenters. The minimum Gasteiger partial charge on any atom is -0.333 e. The Bertz CT molecular complexity index is 391. The summed E-state index contributed by atoms with van der Waals surface area (Å²) >= 11 is 0. The summed E-state index contributed by atoms with van der Waals surface area (Å²) in [5, 5.41) is 5.09. The second-order valence-corrected chi connectivity index (χ2v) is 7.11. The van der Waals surface area contributed by atoms with Gasteiger partial charge in [-0.3, -0.25) is 15.0 Å². The number of nitrogens with two attached hydrogens (primary N) is 1. The number of hydrogen-bond acceptors (Lipinski definition) is 4. The number of nitrogens with zero attached hydrogens (tertiary/aromatic N) is 1. The predicted molar refractivity (Wildman–Crippen MR) is 77.1 cm³/mol. The smallest absolute Gasteiger partial charge is 0.321 e. The zero-order valence-electron chi connectivity index (χ0n) is 12.6. The van der Waals surface area contributed by atoms with Crippen LogP contribution in [0.4, 0.5) is 4.79 Å². The van der Waals surface area contributed by atoms with Gasteiger partial charge in [0.1, 0.15) is 0 Å². The zero-order valence-corrected chi connectivity index (χ0v) is 12.6. The zero-order chi connectivity index (χ0) is 14.9. The Morgan fingerprint density at radius 2 is 1.95 bits per heavy atom. The Balaban J connectivity index is 1.75. The van der Waals surface area contributed by atoms with Crippen molar-refractivity contribution in [3.05, 3.63) is 0 Å². The number of hydrogen-bond donors (Lipinski definition) is 3. The highest BCUT2D eigenvalue weighted by Gasteiger charge is 2.41. The molecule has 20 heavy (non-hydrogen) atoms. The lowest BCUT2D eigenvalue weighted by Gasteiger charge is -2.21. The number of carbonyl (C=O) groups excluding carboxylic acids is 2. The monoisotopic (exact) mass is 282 g/mol. The average molecular weight is 282 g/mol. The topological polar surface area (TPSA) is 87.5 Å². The second kappa shape index (κ2) is 5.69. The van der Waals surface area contributed by atoms with E-state index in [1.165, 1.54) is 0 Å². The molecule has 0 aromatic rings. The Labute approximate surface area is 120 Å². The third-order valence-electron chi connectivity index (χ3n) is 4.10. The van der Waals surface area contributed by atoms with E-state index >= 15 is 0 Å². The maximum Gasteiger partial charge on any atom is 0.321 e. The SMILES string of the molecule is CC(C)(C)NC(=O)NC(=O)CN1CC2CCC(N)C2C1. The lowest BCUT2D eigenvalue weighted by molar-refractivity contribution is -0.121. The van der Waals surface area contributed by atoms with Crippen LogP contribution in [0.15, 0.2) is 0 Å². The van der Waals surface area contributed by atoms with Gasteiger partial charge in [0.05, 0.1) is 6.54 Å². The van der Waals surface area contributed by atoms with Crippen LogP contribution in [0, 0.1) is 11.8 Å². The van der Waals surface area contributed by atoms with E-state index in [2.05, 4.69) is 15.5 Å². The van der Waals surface area contributed by atoms with E-state index in [4.69, 9.17) is 5.73 Å². The van der Waals surface area contributed by atoms with Crippen LogP contribution in [0.5, 0.6) is 0 Å². The van der Waals surface area contributed by atoms with Gasteiger partial charge in [-0.15, -0.1) is 0 Å². The summed E-state index contributed by atoms with van der Waals surface area (Å²) in [6.07, 6.45) is 2.26. The minimum absolute atomic E-state index is 0.250. The third-order valence-corrected chi connectivity index (χ3v) is 4.10. The van der Waals surface area contributed by atoms with Crippen molar-refractivity contribution in [2.75, 3.05) is 19.6 Å². The van der Waals surface area contributed by atoms with Gasteiger partial charge in [-0.05, 0) is 45.4 Å². The summed E-state index contributed by atoms with van der Waals surface area (Å²) in [6.45, 7) is 7.70. The van der Waals surface area contributed by atoms with Crippen LogP contribution in [0.1, 0.15) is 33.6 Å². The number of imide groups is 1. The summed E-state index contributed by atoms with van der Waals surface area (Å²) in [5.74, 6) is 0.896. The van der Waals surface area contributed by atoms with Crippen molar-refractivity contribution in [2.45, 2.75) is 45.2 Å². The number of amides is 3. The van der Waals surface area contributed by atoms with Crippen molar-refractivity contribution in [1.29, 1.82) is 0 Å². The van der Waals surface area contributed by atoms with E-state index in [0.717, 1.165) is 25.9 Å². The van der Waals surface area contributed by atoms with Gasteiger partial charge in [0, 0.05) is 24.7 Å². The van der Waals surface area contributed by atoms with Crippen LogP contribution in [0.2, 0.25) is 0 Å². The lowest BCUT2D eigenvalue weighted by atomic mass is 9.98. The van der Waals surface area contributed by atoms with Gasteiger partial charge in [-0.25, -0.2) is 4.79 Å². The molecule has 0 aromatic carbocycles. The Morgan fingerprint density at radius 3 is 2.55 bits per heavy atom. The van der Waals surface area contributed by atoms with Crippen molar-refractivity contribution in [1.82, 2.24) is 15.5 Å². The molecule has 2 rings (SSSR count). The molecule has 1 heterocycles. The minimum atomic E-state index is -0.432. The summed E-state index contributed by atoms with van der Waals surface area (Å²) in [7, 11) is 0. The fraction of sp³-hybridized carbons (Fsp3) is 0.857. The maximum atomic E-state index is 11.9. The number of fused-ring (bicyclic) bond motifs is 1. The fourth-order valence-corrected chi connectivity index (χ4v) is 3.27. The summed E-state index contributed by atoms with van der Waals surface area (Å²) in [4.78, 5) is 25.6. The van der Waals surface area contributed by atoms with Gasteiger partial charge in [0.2, 0.25) is 5.91 Å². The number of rotatable bonds is 2. The Kier molecular flexibility index (Phi) is 4.34. The average Bonchev–Trinajstić information content (AvgIpc) is 2.78. The maximum absolute atomic E-state index is 11.9. The molecule has 4 N–H and O–H groups in total. The molecule has 1 saturated carbocycles. The van der Waals surface area contributed by atoms with Crippen LogP contribution in [0.3, 0.4) is 0 Å². The van der Waals surface area contributed by atoms with Crippen LogP contribution in [-0.2, 0) is 4.79 Å². The van der Waals surface area contributed by atoms with Crippen molar-refractivity contribution in [3.63, 3.8) is 0 Å². The van der Waals surface area contributed by atoms with E-state index in [-0.39, 0.29) is 24.0 Å². The van der Waals surface area contributed by atoms with E-state index < -0.39 is 6.03 Å². The standard InChI is InChI=1S/C14H26N4O2/c1-14(2,3)17-13(20)16-12(19)8-18-6-9-4-5-11(15)10(9)7-18/h9-11H,4-8,15H2,1-3H3,(H2,16,17,19,20). The molecule has 114 valence electrons. The number of nitrogens with one attached hydrogen (secondary N) is 2. The van der Waals surface area contributed by atoms with Crippen LogP contribution in [0.25, 0.3) is 0 Å². The van der Waals surface area contributed by atoms with Gasteiger partial charge in [0.15, 0.2) is 0 Å². The van der Waals surface area contributed by atoms with Crippen molar-refractivity contribution >= 4 is 11.9 Å². The van der Waals surface area contributed by atoms with Gasteiger partial charge in [-0.1, -0.05) is 0 Å². The molecule has 0 radical (unpaired) electrons. The molecular weight excluding hydrogens is 256 g/mol. The number of carbonyl (C=O) groups is 2. The molecule has 2 aliphatic rings. The first-order valence-corrected chi connectivity index (χ1v) is 7.34. The Morgan fingerprint density at radius 1 is 1.25 bits per heavy atom. The molecular formula is C14H26N4O2. The van der Waals surface area contributed by atoms with E-state index in [0.29, 0.717) is 11.8 Å². The van der Waals surface area contributed by atoms with Crippen LogP contribution >= 0.6 is 0 Å². The quantitative estimate of drug-likeness (QED) is 0.679. The first-order valence-electron chi connectivity index (χ1n) is 7.34. The largest absolute Gasteiger partial charge is 0.333 e. The third kappa shape index (κ3) is 3.93. The first-order chi connectivity index (χ1) is 9.24. The Hall–Kier alpha value is -1.14. The molecule has 1 aliphatic heterocycles. The molecule has 6 heteroatoms. The van der Waals surface area contributed by atoms with Gasteiger partial charge in [-0.2, -0.15) is 0 Å². The van der Waals surface area contributed by atoms with Crippen LogP contribution in [-0.4, -0.2) is 48.1 Å². The molecule has 1 aliphatic carbocycles. The summed E-state index contributed by atoms with van der Waals surface area (Å²) < 4.78 is 0. The summed E-state index contributed by atoms with van der Waals surface area (Å²) in [6, 6.07) is -0.157. The summed E-state index contributed by atoms with van der Waals surface area (Å²) in [5.41, 5.74) is 5.73. The second-order valence-electron chi connectivity index (χ2n) is 7.11. The molecule has 0 aromatic heterocycles. The molecule has 1 saturated heterocycles.